The van der Waals surface area contributed by atoms with Crippen molar-refractivity contribution >= 4 is 15.9 Å². The predicted octanol–water partition coefficient (Wildman–Crippen LogP) is 3.04. The van der Waals surface area contributed by atoms with Crippen molar-refractivity contribution in [3.8, 4) is 0 Å². The van der Waals surface area contributed by atoms with Crippen molar-refractivity contribution in [3.05, 3.63) is 34.3 Å². The fourth-order valence-corrected chi connectivity index (χ4v) is 2.10. The largest absolute Gasteiger partial charge is 0.389 e. The van der Waals surface area contributed by atoms with Crippen LogP contribution < -0.4 is 0 Å². The minimum absolute atomic E-state index is 0.642. The highest BCUT2D eigenvalue weighted by atomic mass is 79.9. The number of likely N-dealkylation sites (N-methyl/N-ethyl adjacent to an activating group) is 1. The highest BCUT2D eigenvalue weighted by Gasteiger charge is 2.17. The van der Waals surface area contributed by atoms with Crippen molar-refractivity contribution in [2.24, 2.45) is 0 Å². The molecule has 0 aliphatic carbocycles. The van der Waals surface area contributed by atoms with E-state index in [0.29, 0.717) is 6.54 Å². The maximum Gasteiger partial charge on any atom is 0.0718 e. The van der Waals surface area contributed by atoms with Gasteiger partial charge in [-0.2, -0.15) is 0 Å². The number of rotatable bonds is 5. The number of hydrogen-bond donors (Lipinski definition) is 1. The van der Waals surface area contributed by atoms with Crippen molar-refractivity contribution in [1.29, 1.82) is 0 Å². The first-order chi connectivity index (χ1) is 7.42. The molecule has 3 heteroatoms. The summed E-state index contributed by atoms with van der Waals surface area (Å²) in [5, 5.41) is 9.81. The molecule has 0 atom stereocenters. The normalized spacial score (nSPS) is 12.1. The summed E-state index contributed by atoms with van der Waals surface area (Å²) in [7, 11) is 0. The molecule has 0 aromatic heterocycles. The van der Waals surface area contributed by atoms with Crippen molar-refractivity contribution in [3.63, 3.8) is 0 Å². The van der Waals surface area contributed by atoms with Gasteiger partial charge in [-0.25, -0.2) is 0 Å². The average Bonchev–Trinajstić information content (AvgIpc) is 2.18. The molecule has 0 fully saturated rings. The molecule has 1 aromatic rings. The van der Waals surface area contributed by atoms with Crippen molar-refractivity contribution in [2.45, 2.75) is 32.9 Å². The molecule has 1 aromatic carbocycles. The van der Waals surface area contributed by atoms with Crippen LogP contribution in [0, 0.1) is 0 Å². The van der Waals surface area contributed by atoms with Gasteiger partial charge in [-0.15, -0.1) is 0 Å². The van der Waals surface area contributed by atoms with Crippen molar-refractivity contribution in [2.75, 3.05) is 13.1 Å². The third-order valence-corrected chi connectivity index (χ3v) is 3.18. The lowest BCUT2D eigenvalue weighted by molar-refractivity contribution is 0.0353. The van der Waals surface area contributed by atoms with Crippen LogP contribution >= 0.6 is 15.9 Å². The number of nitrogens with zero attached hydrogens (tertiary/aromatic N) is 1. The summed E-state index contributed by atoms with van der Waals surface area (Å²) < 4.78 is 1.13. The molecule has 0 saturated heterocycles. The maximum atomic E-state index is 9.81. The lowest BCUT2D eigenvalue weighted by Crippen LogP contribution is -2.38. The fourth-order valence-electron chi connectivity index (χ4n) is 1.69. The molecule has 0 aliphatic rings. The number of benzene rings is 1. The summed E-state index contributed by atoms with van der Waals surface area (Å²) in [5.41, 5.74) is 0.616. The molecule has 1 rings (SSSR count). The Morgan fingerprint density at radius 2 is 1.94 bits per heavy atom. The van der Waals surface area contributed by atoms with E-state index in [9.17, 15) is 5.11 Å². The van der Waals surface area contributed by atoms with E-state index in [1.807, 2.05) is 32.0 Å². The van der Waals surface area contributed by atoms with E-state index in [-0.39, 0.29) is 0 Å². The van der Waals surface area contributed by atoms with Gasteiger partial charge < -0.3 is 5.11 Å². The van der Waals surface area contributed by atoms with E-state index in [4.69, 9.17) is 0 Å². The van der Waals surface area contributed by atoms with Crippen LogP contribution in [0.25, 0.3) is 0 Å². The molecule has 0 aliphatic heterocycles. The first kappa shape index (κ1) is 13.7. The van der Waals surface area contributed by atoms with Crippen LogP contribution in [-0.4, -0.2) is 28.7 Å². The molecule has 2 nitrogen and oxygen atoms in total. The van der Waals surface area contributed by atoms with Crippen LogP contribution in [0.5, 0.6) is 0 Å². The topological polar surface area (TPSA) is 23.5 Å². The van der Waals surface area contributed by atoms with Crippen LogP contribution in [0.1, 0.15) is 26.3 Å². The molecule has 16 heavy (non-hydrogen) atoms. The van der Waals surface area contributed by atoms with Crippen LogP contribution in [0.4, 0.5) is 0 Å². The summed E-state index contributed by atoms with van der Waals surface area (Å²) in [6.07, 6.45) is 0. The Morgan fingerprint density at radius 3 is 2.44 bits per heavy atom. The Kier molecular flexibility index (Phi) is 4.96. The Labute approximate surface area is 106 Å². The summed E-state index contributed by atoms with van der Waals surface area (Å²) in [5.74, 6) is 0. The van der Waals surface area contributed by atoms with Gasteiger partial charge in [0.05, 0.1) is 5.60 Å². The van der Waals surface area contributed by atoms with Crippen molar-refractivity contribution in [1.82, 2.24) is 4.90 Å². The van der Waals surface area contributed by atoms with Crippen LogP contribution in [-0.2, 0) is 6.54 Å². The zero-order chi connectivity index (χ0) is 12.2. The maximum absolute atomic E-state index is 9.81. The average molecular weight is 286 g/mol. The van der Waals surface area contributed by atoms with Gasteiger partial charge in [0.15, 0.2) is 0 Å². The van der Waals surface area contributed by atoms with Gasteiger partial charge in [0.25, 0.3) is 0 Å². The molecule has 0 heterocycles. The molecule has 0 radical (unpaired) electrons. The smallest absolute Gasteiger partial charge is 0.0718 e. The molecule has 0 spiro atoms. The number of aliphatic hydroxyl groups is 1. The fraction of sp³-hybridized carbons (Fsp3) is 0.538. The number of halogens is 1. The van der Waals surface area contributed by atoms with Gasteiger partial charge in [-0.1, -0.05) is 41.1 Å². The van der Waals surface area contributed by atoms with Crippen LogP contribution in [0.15, 0.2) is 28.7 Å². The van der Waals surface area contributed by atoms with Crippen LogP contribution in [0.3, 0.4) is 0 Å². The quantitative estimate of drug-likeness (QED) is 0.899. The Bertz CT molecular complexity index is 333. The van der Waals surface area contributed by atoms with Crippen LogP contribution in [0.2, 0.25) is 0 Å². The SMILES string of the molecule is CCN(Cc1ccccc1Br)CC(C)(C)O. The second kappa shape index (κ2) is 5.80. The van der Waals surface area contributed by atoms with Gasteiger partial charge in [0.2, 0.25) is 0 Å². The number of hydrogen-bond acceptors (Lipinski definition) is 2. The molecule has 90 valence electrons. The molecule has 0 bridgehead atoms. The second-order valence-corrected chi connectivity index (χ2v) is 5.56. The lowest BCUT2D eigenvalue weighted by atomic mass is 10.1. The monoisotopic (exact) mass is 285 g/mol. The zero-order valence-corrected chi connectivity index (χ0v) is 11.8. The minimum Gasteiger partial charge on any atom is -0.389 e. The first-order valence-electron chi connectivity index (χ1n) is 5.60. The lowest BCUT2D eigenvalue weighted by Gasteiger charge is -2.28. The molecular weight excluding hydrogens is 266 g/mol. The van der Waals surface area contributed by atoms with Gasteiger partial charge >= 0.3 is 0 Å². The Morgan fingerprint density at radius 1 is 1.31 bits per heavy atom. The van der Waals surface area contributed by atoms with E-state index < -0.39 is 5.60 Å². The van der Waals surface area contributed by atoms with Gasteiger partial charge in [0, 0.05) is 17.6 Å². The highest BCUT2D eigenvalue weighted by molar-refractivity contribution is 9.10. The van der Waals surface area contributed by atoms with Gasteiger partial charge in [0.1, 0.15) is 0 Å². The summed E-state index contributed by atoms with van der Waals surface area (Å²) >= 11 is 3.54. The minimum atomic E-state index is -0.642. The third kappa shape index (κ3) is 4.64. The van der Waals surface area contributed by atoms with E-state index >= 15 is 0 Å². The van der Waals surface area contributed by atoms with E-state index in [1.54, 1.807) is 0 Å². The van der Waals surface area contributed by atoms with Gasteiger partial charge in [-0.05, 0) is 32.0 Å². The summed E-state index contributed by atoms with van der Waals surface area (Å²) in [4.78, 5) is 2.24. The van der Waals surface area contributed by atoms with Gasteiger partial charge in [-0.3, -0.25) is 4.90 Å². The summed E-state index contributed by atoms with van der Waals surface area (Å²) in [6, 6.07) is 8.21. The Balaban J connectivity index is 2.67. The Hall–Kier alpha value is -0.380. The zero-order valence-electron chi connectivity index (χ0n) is 10.2. The first-order valence-corrected chi connectivity index (χ1v) is 6.40. The third-order valence-electron chi connectivity index (χ3n) is 2.41. The van der Waals surface area contributed by atoms with E-state index in [1.165, 1.54) is 5.56 Å². The summed E-state index contributed by atoms with van der Waals surface area (Å²) in [6.45, 7) is 8.28. The second-order valence-electron chi connectivity index (χ2n) is 4.71. The highest BCUT2D eigenvalue weighted by Crippen LogP contribution is 2.18. The molecule has 1 N–H and O–H groups in total. The van der Waals surface area contributed by atoms with Crippen molar-refractivity contribution < 1.29 is 5.11 Å². The van der Waals surface area contributed by atoms with E-state index in [0.717, 1.165) is 17.6 Å². The van der Waals surface area contributed by atoms with E-state index in [2.05, 4.69) is 33.8 Å². The molecule has 0 saturated carbocycles. The molecule has 0 amide bonds. The predicted molar refractivity (Wildman–Crippen MR) is 71.4 cm³/mol. The standard InChI is InChI=1S/C13H20BrNO/c1-4-15(10-13(2,3)16)9-11-7-5-6-8-12(11)14/h5-8,16H,4,9-10H2,1-3H3. The molecular formula is C13H20BrNO. The molecule has 0 unspecified atom stereocenters.